The molecule has 1 atom stereocenters. The van der Waals surface area contributed by atoms with Gasteiger partial charge in [0.25, 0.3) is 0 Å². The van der Waals surface area contributed by atoms with Gasteiger partial charge in [-0.15, -0.1) is 0 Å². The van der Waals surface area contributed by atoms with E-state index >= 15 is 0 Å². The molecule has 4 aromatic rings. The van der Waals surface area contributed by atoms with Gasteiger partial charge in [-0.1, -0.05) is 36.0 Å². The van der Waals surface area contributed by atoms with Crippen LogP contribution in [0.4, 0.5) is 19.0 Å². The van der Waals surface area contributed by atoms with Gasteiger partial charge in [0, 0.05) is 16.9 Å². The molecule has 2 N–H and O–H groups in total. The van der Waals surface area contributed by atoms with Gasteiger partial charge in [-0.05, 0) is 69.0 Å². The summed E-state index contributed by atoms with van der Waals surface area (Å²) in [7, 11) is 0. The van der Waals surface area contributed by atoms with Gasteiger partial charge in [-0.3, -0.25) is 0 Å². The number of benzene rings is 2. The summed E-state index contributed by atoms with van der Waals surface area (Å²) >= 11 is 1.20. The number of nitrogens with zero attached hydrogens (tertiary/aromatic N) is 4. The first-order valence-electron chi connectivity index (χ1n) is 13.7. The number of hydrogen-bond acceptors (Lipinski definition) is 9. The molecule has 1 fully saturated rings. The standard InChI is InChI=1S/C32H28F3N5O3S/c1-18-26(39-29(42-18)21-9-11-22(12-10-21)32(33,34)35)17-44-30-25(15-37)27(24(14-36)28(38)40-30)20-7-4-19(5-8-20)6-13-23-16-41-31(2,3)43-23/h4-5,7-12,23H,6,13,16-17H2,1-3H3,(H2,38,40)/t23-/m0/s1. The molecule has 3 heterocycles. The molecule has 1 aliphatic rings. The average Bonchev–Trinajstić information content (AvgIpc) is 3.54. The maximum atomic E-state index is 12.9. The van der Waals surface area contributed by atoms with Crippen LogP contribution in [0.2, 0.25) is 0 Å². The van der Waals surface area contributed by atoms with Gasteiger partial charge in [0.1, 0.15) is 34.3 Å². The van der Waals surface area contributed by atoms with E-state index in [9.17, 15) is 23.7 Å². The number of ether oxygens (including phenoxy) is 2. The topological polar surface area (TPSA) is 131 Å². The zero-order valence-electron chi connectivity index (χ0n) is 24.2. The molecule has 0 amide bonds. The van der Waals surface area contributed by atoms with Crippen LogP contribution in [0.15, 0.2) is 58.0 Å². The molecule has 0 aliphatic carbocycles. The van der Waals surface area contributed by atoms with Gasteiger partial charge >= 0.3 is 6.18 Å². The van der Waals surface area contributed by atoms with E-state index in [1.165, 1.54) is 23.9 Å². The highest BCUT2D eigenvalue weighted by molar-refractivity contribution is 7.98. The minimum atomic E-state index is -4.44. The number of hydrogen-bond donors (Lipinski definition) is 1. The summed E-state index contributed by atoms with van der Waals surface area (Å²) < 4.78 is 56.1. The first-order chi connectivity index (χ1) is 20.9. The Morgan fingerprint density at radius 1 is 1.00 bits per heavy atom. The van der Waals surface area contributed by atoms with Crippen LogP contribution in [0.3, 0.4) is 0 Å². The average molecular weight is 620 g/mol. The van der Waals surface area contributed by atoms with Crippen molar-refractivity contribution in [3.8, 4) is 34.7 Å². The lowest BCUT2D eigenvalue weighted by Gasteiger charge is -2.17. The molecule has 1 saturated heterocycles. The van der Waals surface area contributed by atoms with Crippen LogP contribution < -0.4 is 5.73 Å². The van der Waals surface area contributed by atoms with Gasteiger partial charge in [0.15, 0.2) is 5.79 Å². The molecule has 0 bridgehead atoms. The molecule has 0 radical (unpaired) electrons. The maximum absolute atomic E-state index is 12.9. The van der Waals surface area contributed by atoms with Crippen molar-refractivity contribution in [2.24, 2.45) is 0 Å². The molecule has 8 nitrogen and oxygen atoms in total. The highest BCUT2D eigenvalue weighted by Crippen LogP contribution is 2.38. The SMILES string of the molecule is Cc1oc(-c2ccc(C(F)(F)F)cc2)nc1CSc1nc(N)c(C#N)c(-c2ccc(CC[C@H]3COC(C)(C)O3)cc2)c1C#N. The van der Waals surface area contributed by atoms with Crippen molar-refractivity contribution in [2.45, 2.75) is 62.5 Å². The van der Waals surface area contributed by atoms with Crippen molar-refractivity contribution >= 4 is 17.6 Å². The molecule has 2 aromatic heterocycles. The second-order valence-electron chi connectivity index (χ2n) is 10.7. The Morgan fingerprint density at radius 2 is 1.66 bits per heavy atom. The van der Waals surface area contributed by atoms with E-state index in [2.05, 4.69) is 22.1 Å². The predicted molar refractivity (Wildman–Crippen MR) is 158 cm³/mol. The Hall–Kier alpha value is -4.36. The number of nitriles is 2. The number of anilines is 1. The van der Waals surface area contributed by atoms with Crippen LogP contribution in [-0.2, 0) is 27.8 Å². The number of halogens is 3. The molecule has 0 spiro atoms. The third-order valence-electron chi connectivity index (χ3n) is 7.18. The van der Waals surface area contributed by atoms with Gasteiger partial charge < -0.3 is 19.6 Å². The second kappa shape index (κ2) is 12.3. The highest BCUT2D eigenvalue weighted by Gasteiger charge is 2.32. The van der Waals surface area contributed by atoms with E-state index in [-0.39, 0.29) is 34.7 Å². The summed E-state index contributed by atoms with van der Waals surface area (Å²) in [6.07, 6.45) is -2.87. The number of pyridine rings is 1. The van der Waals surface area contributed by atoms with Gasteiger partial charge in [0.2, 0.25) is 5.89 Å². The minimum absolute atomic E-state index is 0.00334. The fourth-order valence-corrected chi connectivity index (χ4v) is 5.88. The molecule has 12 heteroatoms. The summed E-state index contributed by atoms with van der Waals surface area (Å²) in [6.45, 7) is 6.02. The van der Waals surface area contributed by atoms with Crippen molar-refractivity contribution < 1.29 is 27.1 Å². The zero-order valence-corrected chi connectivity index (χ0v) is 25.0. The van der Waals surface area contributed by atoms with Crippen LogP contribution >= 0.6 is 11.8 Å². The Labute approximate surface area is 256 Å². The summed E-state index contributed by atoms with van der Waals surface area (Å²) in [5.41, 5.74) is 8.79. The smallest absolute Gasteiger partial charge is 0.416 e. The van der Waals surface area contributed by atoms with Crippen molar-refractivity contribution in [1.82, 2.24) is 9.97 Å². The lowest BCUT2D eigenvalue weighted by Crippen LogP contribution is -2.21. The van der Waals surface area contributed by atoms with E-state index in [1.807, 2.05) is 38.1 Å². The monoisotopic (exact) mass is 619 g/mol. The van der Waals surface area contributed by atoms with Crippen LogP contribution in [-0.4, -0.2) is 28.5 Å². The number of oxazole rings is 1. The van der Waals surface area contributed by atoms with Gasteiger partial charge in [-0.25, -0.2) is 9.97 Å². The minimum Gasteiger partial charge on any atom is -0.441 e. The third kappa shape index (κ3) is 6.73. The summed E-state index contributed by atoms with van der Waals surface area (Å²) in [5, 5.41) is 20.4. The van der Waals surface area contributed by atoms with E-state index in [0.29, 0.717) is 39.8 Å². The molecule has 1 aliphatic heterocycles. The van der Waals surface area contributed by atoms with E-state index in [0.717, 1.165) is 30.5 Å². The Balaban J connectivity index is 1.36. The number of rotatable bonds is 8. The number of nitrogen functional groups attached to an aromatic ring is 1. The van der Waals surface area contributed by atoms with Crippen LogP contribution in [0.25, 0.3) is 22.6 Å². The number of thioether (sulfide) groups is 1. The van der Waals surface area contributed by atoms with Crippen molar-refractivity contribution in [2.75, 3.05) is 12.3 Å². The molecule has 5 rings (SSSR count). The molecule has 2 aromatic carbocycles. The maximum Gasteiger partial charge on any atom is 0.416 e. The Bertz CT molecular complexity index is 1750. The summed E-state index contributed by atoms with van der Waals surface area (Å²) in [4.78, 5) is 8.81. The summed E-state index contributed by atoms with van der Waals surface area (Å²) in [5.74, 6) is 0.313. The first-order valence-corrected chi connectivity index (χ1v) is 14.7. The van der Waals surface area contributed by atoms with E-state index in [4.69, 9.17) is 19.6 Å². The number of alkyl halides is 3. The second-order valence-corrected chi connectivity index (χ2v) is 11.7. The summed E-state index contributed by atoms with van der Waals surface area (Å²) in [6, 6.07) is 16.4. The van der Waals surface area contributed by atoms with Gasteiger partial charge in [0.05, 0.1) is 29.5 Å². The molecule has 226 valence electrons. The third-order valence-corrected chi connectivity index (χ3v) is 8.16. The van der Waals surface area contributed by atoms with E-state index in [1.54, 1.807) is 6.92 Å². The van der Waals surface area contributed by atoms with Crippen molar-refractivity contribution in [1.29, 1.82) is 10.5 Å². The number of nitrogens with two attached hydrogens (primary N) is 1. The Kier molecular flexibility index (Phi) is 8.71. The molecular formula is C32H28F3N5O3S. The molecule has 44 heavy (non-hydrogen) atoms. The predicted octanol–water partition coefficient (Wildman–Crippen LogP) is 7.43. The quantitative estimate of drug-likeness (QED) is 0.200. The van der Waals surface area contributed by atoms with Crippen LogP contribution in [0.1, 0.15) is 54.0 Å². The lowest BCUT2D eigenvalue weighted by molar-refractivity contribution is -0.139. The molecule has 0 saturated carbocycles. The lowest BCUT2D eigenvalue weighted by atomic mass is 9.95. The van der Waals surface area contributed by atoms with Crippen molar-refractivity contribution in [3.63, 3.8) is 0 Å². The normalized spacial score (nSPS) is 16.0. The van der Waals surface area contributed by atoms with Gasteiger partial charge in [-0.2, -0.15) is 23.7 Å². The largest absolute Gasteiger partial charge is 0.441 e. The van der Waals surface area contributed by atoms with Crippen LogP contribution in [0.5, 0.6) is 0 Å². The van der Waals surface area contributed by atoms with Crippen molar-refractivity contribution in [3.05, 3.63) is 82.2 Å². The number of aryl methyl sites for hydroxylation is 2. The van der Waals surface area contributed by atoms with E-state index < -0.39 is 17.5 Å². The first kappa shape index (κ1) is 31.1. The molecule has 0 unspecified atom stereocenters. The fourth-order valence-electron chi connectivity index (χ4n) is 4.89. The highest BCUT2D eigenvalue weighted by atomic mass is 32.2. The molecular weight excluding hydrogens is 591 g/mol. The Morgan fingerprint density at radius 3 is 2.25 bits per heavy atom. The zero-order chi connectivity index (χ0) is 31.6. The fraction of sp³-hybridized carbons (Fsp3) is 0.312. The number of aromatic nitrogens is 2. The van der Waals surface area contributed by atoms with Crippen LogP contribution in [0, 0.1) is 29.6 Å².